The molecular formula is C16H18N2O3. The van der Waals surface area contributed by atoms with E-state index in [2.05, 4.69) is 6.07 Å². The maximum atomic E-state index is 12.5. The highest BCUT2D eigenvalue weighted by molar-refractivity contribution is 5.87. The van der Waals surface area contributed by atoms with Crippen LogP contribution < -0.4 is 0 Å². The van der Waals surface area contributed by atoms with Gasteiger partial charge in [0.25, 0.3) is 0 Å². The van der Waals surface area contributed by atoms with E-state index in [1.807, 2.05) is 30.3 Å². The van der Waals surface area contributed by atoms with Crippen molar-refractivity contribution < 1.29 is 14.3 Å². The molecule has 2 atom stereocenters. The van der Waals surface area contributed by atoms with Crippen molar-refractivity contribution in [2.75, 3.05) is 13.2 Å². The molecule has 2 heterocycles. The molecule has 1 amide bonds. The van der Waals surface area contributed by atoms with E-state index in [4.69, 9.17) is 14.7 Å². The Bertz CT molecular complexity index is 561. The summed E-state index contributed by atoms with van der Waals surface area (Å²) in [6.45, 7) is 3.32. The molecule has 21 heavy (non-hydrogen) atoms. The predicted molar refractivity (Wildman–Crippen MR) is 74.8 cm³/mol. The standard InChI is InChI=1S/C16H18N2O3/c1-16(20-9-10-21-16)14-13(7-8-17)18(15(14)19)11-12-5-3-2-4-6-12/h2-6,13-14H,7,9-11H2,1H3/t13-,14-/m0/s1. The van der Waals surface area contributed by atoms with E-state index < -0.39 is 5.79 Å². The van der Waals surface area contributed by atoms with Gasteiger partial charge in [-0.1, -0.05) is 30.3 Å². The van der Waals surface area contributed by atoms with Crippen molar-refractivity contribution in [2.24, 2.45) is 5.92 Å². The molecule has 3 rings (SSSR count). The van der Waals surface area contributed by atoms with Crippen LogP contribution in [-0.2, 0) is 20.8 Å². The van der Waals surface area contributed by atoms with E-state index in [0.717, 1.165) is 5.56 Å². The molecule has 0 spiro atoms. The number of nitrogens with zero attached hydrogens (tertiary/aromatic N) is 2. The van der Waals surface area contributed by atoms with Crippen molar-refractivity contribution in [1.29, 1.82) is 5.26 Å². The summed E-state index contributed by atoms with van der Waals surface area (Å²) in [5.74, 6) is -1.27. The summed E-state index contributed by atoms with van der Waals surface area (Å²) in [4.78, 5) is 14.2. The number of hydrogen-bond donors (Lipinski definition) is 0. The van der Waals surface area contributed by atoms with Crippen LogP contribution >= 0.6 is 0 Å². The predicted octanol–water partition coefficient (Wildman–Crippen LogP) is 1.69. The third kappa shape index (κ3) is 2.41. The number of carbonyl (C=O) groups is 1. The molecule has 2 aliphatic rings. The number of ether oxygens (including phenoxy) is 2. The fourth-order valence-corrected chi connectivity index (χ4v) is 3.18. The van der Waals surface area contributed by atoms with Crippen LogP contribution in [0.3, 0.4) is 0 Å². The highest BCUT2D eigenvalue weighted by Crippen LogP contribution is 2.42. The summed E-state index contributed by atoms with van der Waals surface area (Å²) in [6.07, 6.45) is 0.297. The Labute approximate surface area is 124 Å². The second-order valence-electron chi connectivity index (χ2n) is 5.57. The average molecular weight is 286 g/mol. The minimum absolute atomic E-state index is 0.00324. The van der Waals surface area contributed by atoms with Crippen LogP contribution in [-0.4, -0.2) is 35.8 Å². The van der Waals surface area contributed by atoms with Crippen LogP contribution in [0.25, 0.3) is 0 Å². The Balaban J connectivity index is 1.77. The largest absolute Gasteiger partial charge is 0.347 e. The highest BCUT2D eigenvalue weighted by Gasteiger charge is 2.58. The van der Waals surface area contributed by atoms with Crippen LogP contribution in [0.5, 0.6) is 0 Å². The van der Waals surface area contributed by atoms with Crippen LogP contribution in [0.2, 0.25) is 0 Å². The second-order valence-corrected chi connectivity index (χ2v) is 5.57. The molecule has 0 aliphatic carbocycles. The summed E-state index contributed by atoms with van der Waals surface area (Å²) in [5.41, 5.74) is 1.06. The van der Waals surface area contributed by atoms with E-state index >= 15 is 0 Å². The summed E-state index contributed by atoms with van der Waals surface area (Å²) < 4.78 is 11.2. The van der Waals surface area contributed by atoms with Gasteiger partial charge in [-0.3, -0.25) is 4.79 Å². The lowest BCUT2D eigenvalue weighted by atomic mass is 9.79. The van der Waals surface area contributed by atoms with Crippen molar-refractivity contribution >= 4 is 5.91 Å². The molecule has 5 nitrogen and oxygen atoms in total. The SMILES string of the molecule is CC1([C@@H]2C(=O)N(Cc3ccccc3)[C@H]2CC#N)OCCO1. The van der Waals surface area contributed by atoms with Crippen LogP contribution in [0.4, 0.5) is 0 Å². The number of β-lactam (4-membered cyclic amide) rings is 1. The average Bonchev–Trinajstić information content (AvgIpc) is 2.92. The number of hydrogen-bond acceptors (Lipinski definition) is 4. The highest BCUT2D eigenvalue weighted by atomic mass is 16.7. The van der Waals surface area contributed by atoms with E-state index in [-0.39, 0.29) is 17.9 Å². The van der Waals surface area contributed by atoms with Crippen LogP contribution in [0.1, 0.15) is 18.9 Å². The van der Waals surface area contributed by atoms with E-state index in [9.17, 15) is 4.79 Å². The fraction of sp³-hybridized carbons (Fsp3) is 0.500. The molecule has 1 aromatic rings. The maximum Gasteiger partial charge on any atom is 0.233 e. The molecule has 0 radical (unpaired) electrons. The van der Waals surface area contributed by atoms with E-state index in [0.29, 0.717) is 26.2 Å². The minimum atomic E-state index is -0.883. The molecule has 2 saturated heterocycles. The zero-order chi connectivity index (χ0) is 14.9. The minimum Gasteiger partial charge on any atom is -0.347 e. The Hall–Kier alpha value is -1.90. The Morgan fingerprint density at radius 3 is 2.62 bits per heavy atom. The quantitative estimate of drug-likeness (QED) is 0.790. The smallest absolute Gasteiger partial charge is 0.233 e. The van der Waals surface area contributed by atoms with Crippen molar-refractivity contribution in [3.8, 4) is 6.07 Å². The lowest BCUT2D eigenvalue weighted by Gasteiger charge is -2.51. The first kappa shape index (κ1) is 14.1. The maximum absolute atomic E-state index is 12.5. The van der Waals surface area contributed by atoms with Gasteiger partial charge in [-0.25, -0.2) is 0 Å². The van der Waals surface area contributed by atoms with Gasteiger partial charge in [0.05, 0.1) is 31.7 Å². The third-order valence-electron chi connectivity index (χ3n) is 4.26. The molecule has 0 saturated carbocycles. The van der Waals surface area contributed by atoms with Gasteiger partial charge in [0, 0.05) is 6.54 Å². The number of likely N-dealkylation sites (tertiary alicyclic amines) is 1. The zero-order valence-corrected chi connectivity index (χ0v) is 12.0. The molecule has 0 N–H and O–H groups in total. The van der Waals surface area contributed by atoms with Gasteiger partial charge in [-0.15, -0.1) is 0 Å². The van der Waals surface area contributed by atoms with Gasteiger partial charge >= 0.3 is 0 Å². The number of rotatable bonds is 4. The topological polar surface area (TPSA) is 62.6 Å². The van der Waals surface area contributed by atoms with E-state index in [1.54, 1.807) is 11.8 Å². The zero-order valence-electron chi connectivity index (χ0n) is 12.0. The Kier molecular flexibility index (Phi) is 3.66. The summed E-state index contributed by atoms with van der Waals surface area (Å²) >= 11 is 0. The monoisotopic (exact) mass is 286 g/mol. The first-order valence-corrected chi connectivity index (χ1v) is 7.15. The van der Waals surface area contributed by atoms with Crippen molar-refractivity contribution in [3.63, 3.8) is 0 Å². The molecule has 0 aromatic heterocycles. The number of nitriles is 1. The summed E-state index contributed by atoms with van der Waals surface area (Å²) in [7, 11) is 0. The Morgan fingerprint density at radius 1 is 1.33 bits per heavy atom. The molecule has 0 unspecified atom stereocenters. The summed E-state index contributed by atoms with van der Waals surface area (Å²) in [6, 6.07) is 11.8. The van der Waals surface area contributed by atoms with Crippen LogP contribution in [0, 0.1) is 17.2 Å². The lowest BCUT2D eigenvalue weighted by molar-refractivity contribution is -0.228. The summed E-state index contributed by atoms with van der Waals surface area (Å²) in [5, 5.41) is 9.05. The van der Waals surface area contributed by atoms with Gasteiger partial charge in [0.1, 0.15) is 5.92 Å². The number of carbonyl (C=O) groups excluding carboxylic acids is 1. The van der Waals surface area contributed by atoms with Crippen molar-refractivity contribution in [3.05, 3.63) is 35.9 Å². The molecule has 1 aromatic carbocycles. The number of benzene rings is 1. The Morgan fingerprint density at radius 2 is 2.00 bits per heavy atom. The van der Waals surface area contributed by atoms with Gasteiger partial charge < -0.3 is 14.4 Å². The molecule has 110 valence electrons. The van der Waals surface area contributed by atoms with Crippen molar-refractivity contribution in [2.45, 2.75) is 31.7 Å². The molecular weight excluding hydrogens is 268 g/mol. The van der Waals surface area contributed by atoms with Gasteiger partial charge in [0.2, 0.25) is 5.91 Å². The van der Waals surface area contributed by atoms with Crippen LogP contribution in [0.15, 0.2) is 30.3 Å². The normalized spacial score (nSPS) is 27.2. The molecule has 5 heteroatoms. The first-order chi connectivity index (χ1) is 10.2. The fourth-order valence-electron chi connectivity index (χ4n) is 3.18. The lowest BCUT2D eigenvalue weighted by Crippen LogP contribution is -2.67. The van der Waals surface area contributed by atoms with E-state index in [1.165, 1.54) is 0 Å². The van der Waals surface area contributed by atoms with Gasteiger partial charge in [0.15, 0.2) is 5.79 Å². The van der Waals surface area contributed by atoms with Gasteiger partial charge in [-0.2, -0.15) is 5.26 Å². The molecule has 2 aliphatic heterocycles. The number of amides is 1. The molecule has 2 fully saturated rings. The van der Waals surface area contributed by atoms with Crippen molar-refractivity contribution in [1.82, 2.24) is 4.90 Å². The third-order valence-corrected chi connectivity index (χ3v) is 4.26. The van der Waals surface area contributed by atoms with Gasteiger partial charge in [-0.05, 0) is 12.5 Å². The first-order valence-electron chi connectivity index (χ1n) is 7.15. The molecule has 0 bridgehead atoms. The second kappa shape index (κ2) is 5.47.